The van der Waals surface area contributed by atoms with Crippen LogP contribution in [0.25, 0.3) is 0 Å². The van der Waals surface area contributed by atoms with Crippen LogP contribution in [0.5, 0.6) is 0 Å². The van der Waals surface area contributed by atoms with Crippen LogP contribution in [0.4, 0.5) is 0 Å². The number of rotatable bonds is 2. The van der Waals surface area contributed by atoms with E-state index in [-0.39, 0.29) is 40.2 Å². The summed E-state index contributed by atoms with van der Waals surface area (Å²) < 4.78 is 19.6. The number of carbonyl (C=O) groups excluding carboxylic acids is 1. The van der Waals surface area contributed by atoms with Gasteiger partial charge < -0.3 is 4.55 Å². The molecule has 72 valence electrons. The van der Waals surface area contributed by atoms with Crippen molar-refractivity contribution in [3.63, 3.8) is 0 Å². The molecule has 3 nitrogen and oxygen atoms in total. The van der Waals surface area contributed by atoms with Gasteiger partial charge in [0.25, 0.3) is 0 Å². The molecule has 0 radical (unpaired) electrons. The van der Waals surface area contributed by atoms with E-state index < -0.39 is 11.1 Å². The first-order valence-electron chi connectivity index (χ1n) is 3.47. The average molecular weight is 240 g/mol. The van der Waals surface area contributed by atoms with Gasteiger partial charge in [0.1, 0.15) is 0 Å². The van der Waals surface area contributed by atoms with Gasteiger partial charge in [-0.1, -0.05) is 6.07 Å². The standard InChI is InChI=1S/C8H8O3S2.Na.H/c1-5(9)6-2-3-7(12)8(4-6)13(10)11;;/h2-4,12H,1H3,(H,10,11);;. The van der Waals surface area contributed by atoms with E-state index in [9.17, 15) is 9.00 Å². The summed E-state index contributed by atoms with van der Waals surface area (Å²) in [6.07, 6.45) is 0. The Balaban J connectivity index is 0.00000169. The Hall–Kier alpha value is 0.350. The second-order valence-electron chi connectivity index (χ2n) is 2.49. The zero-order chi connectivity index (χ0) is 10.0. The molecule has 0 heterocycles. The number of thiol groups is 1. The second kappa shape index (κ2) is 6.05. The normalized spacial score (nSPS) is 11.6. The van der Waals surface area contributed by atoms with E-state index in [1.165, 1.54) is 19.1 Å². The Morgan fingerprint density at radius 1 is 1.50 bits per heavy atom. The fraction of sp³-hybridized carbons (Fsp3) is 0.125. The molecule has 1 rings (SSSR count). The SMILES string of the molecule is CC(=O)c1ccc(S)c(S(=O)O)c1.[NaH]. The fourth-order valence-electron chi connectivity index (χ4n) is 0.873. The summed E-state index contributed by atoms with van der Waals surface area (Å²) in [4.78, 5) is 11.5. The van der Waals surface area contributed by atoms with Gasteiger partial charge in [-0.15, -0.1) is 12.6 Å². The molecule has 1 unspecified atom stereocenters. The summed E-state index contributed by atoms with van der Waals surface area (Å²) >= 11 is 1.89. The molecular formula is C8H9NaO3S2. The summed E-state index contributed by atoms with van der Waals surface area (Å²) in [6, 6.07) is 4.48. The molecule has 0 spiro atoms. The van der Waals surface area contributed by atoms with Crippen LogP contribution in [0.1, 0.15) is 17.3 Å². The van der Waals surface area contributed by atoms with Crippen LogP contribution in [0.2, 0.25) is 0 Å². The molecule has 0 aliphatic rings. The van der Waals surface area contributed by atoms with Crippen molar-refractivity contribution >= 4 is 59.0 Å². The maximum absolute atomic E-state index is 10.9. The first kappa shape index (κ1) is 14.3. The van der Waals surface area contributed by atoms with Crippen LogP contribution in [0, 0.1) is 0 Å². The summed E-state index contributed by atoms with van der Waals surface area (Å²) in [5.74, 6) is -0.139. The van der Waals surface area contributed by atoms with E-state index in [0.717, 1.165) is 0 Å². The molecule has 0 aliphatic heterocycles. The van der Waals surface area contributed by atoms with Crippen LogP contribution in [0.3, 0.4) is 0 Å². The quantitative estimate of drug-likeness (QED) is 0.352. The molecule has 14 heavy (non-hydrogen) atoms. The van der Waals surface area contributed by atoms with Crippen molar-refractivity contribution in [1.82, 2.24) is 0 Å². The van der Waals surface area contributed by atoms with Crippen molar-refractivity contribution in [2.24, 2.45) is 0 Å². The predicted octanol–water partition coefficient (Wildman–Crippen LogP) is 1.11. The third-order valence-corrected chi connectivity index (χ3v) is 2.81. The van der Waals surface area contributed by atoms with Crippen LogP contribution >= 0.6 is 12.6 Å². The van der Waals surface area contributed by atoms with Crippen molar-refractivity contribution < 1.29 is 13.6 Å². The molecule has 0 amide bonds. The second-order valence-corrected chi connectivity index (χ2v) is 3.91. The van der Waals surface area contributed by atoms with Crippen molar-refractivity contribution in [2.45, 2.75) is 16.7 Å². The van der Waals surface area contributed by atoms with Gasteiger partial charge in [-0.05, 0) is 19.1 Å². The first-order valence-corrected chi connectivity index (χ1v) is 5.02. The summed E-state index contributed by atoms with van der Waals surface area (Å²) in [7, 11) is 0. The molecule has 1 atom stereocenters. The van der Waals surface area contributed by atoms with E-state index in [4.69, 9.17) is 4.55 Å². The van der Waals surface area contributed by atoms with Crippen molar-refractivity contribution in [3.8, 4) is 0 Å². The van der Waals surface area contributed by atoms with Gasteiger partial charge >= 0.3 is 29.6 Å². The molecule has 1 aromatic rings. The van der Waals surface area contributed by atoms with E-state index in [0.29, 0.717) is 10.5 Å². The summed E-state index contributed by atoms with van der Waals surface area (Å²) in [5.41, 5.74) is 0.412. The van der Waals surface area contributed by atoms with Gasteiger partial charge in [0.05, 0.1) is 4.90 Å². The van der Waals surface area contributed by atoms with Crippen LogP contribution in [-0.2, 0) is 11.1 Å². The number of hydrogen-bond donors (Lipinski definition) is 2. The van der Waals surface area contributed by atoms with E-state index in [2.05, 4.69) is 12.6 Å². The van der Waals surface area contributed by atoms with Crippen LogP contribution in [-0.4, -0.2) is 44.1 Å². The Morgan fingerprint density at radius 3 is 2.50 bits per heavy atom. The topological polar surface area (TPSA) is 54.4 Å². The molecule has 1 aromatic carbocycles. The number of benzene rings is 1. The number of Topliss-reactive ketones (excluding diaryl/α,β-unsaturated/α-hetero) is 1. The van der Waals surface area contributed by atoms with Crippen molar-refractivity contribution in [2.75, 3.05) is 0 Å². The number of ketones is 1. The molecule has 6 heteroatoms. The van der Waals surface area contributed by atoms with Crippen molar-refractivity contribution in [3.05, 3.63) is 23.8 Å². The maximum atomic E-state index is 10.9. The Labute approximate surface area is 112 Å². The predicted molar refractivity (Wildman–Crippen MR) is 59.9 cm³/mol. The zero-order valence-electron chi connectivity index (χ0n) is 6.85. The average Bonchev–Trinajstić information content (AvgIpc) is 2.04. The zero-order valence-corrected chi connectivity index (χ0v) is 8.56. The van der Waals surface area contributed by atoms with Crippen LogP contribution < -0.4 is 0 Å². The van der Waals surface area contributed by atoms with Gasteiger partial charge in [0.15, 0.2) is 16.9 Å². The van der Waals surface area contributed by atoms with E-state index >= 15 is 0 Å². The minimum atomic E-state index is -2.10. The number of carbonyl (C=O) groups is 1. The Kier molecular flexibility index (Phi) is 6.20. The summed E-state index contributed by atoms with van der Waals surface area (Å²) in [6.45, 7) is 1.40. The van der Waals surface area contributed by atoms with Gasteiger partial charge in [-0.3, -0.25) is 4.79 Å². The summed E-state index contributed by atoms with van der Waals surface area (Å²) in [5, 5.41) is 0. The fourth-order valence-corrected chi connectivity index (χ4v) is 1.72. The molecular weight excluding hydrogens is 231 g/mol. The van der Waals surface area contributed by atoms with E-state index in [1.807, 2.05) is 0 Å². The molecule has 0 aliphatic carbocycles. The Morgan fingerprint density at radius 2 is 2.07 bits per heavy atom. The monoisotopic (exact) mass is 240 g/mol. The Bertz CT molecular complexity index is 379. The minimum absolute atomic E-state index is 0. The molecule has 0 aromatic heterocycles. The molecule has 0 saturated heterocycles. The van der Waals surface area contributed by atoms with Crippen LogP contribution in [0.15, 0.2) is 28.0 Å². The third-order valence-electron chi connectivity index (χ3n) is 1.55. The first-order chi connectivity index (χ1) is 6.02. The third kappa shape index (κ3) is 3.49. The number of hydrogen-bond acceptors (Lipinski definition) is 3. The van der Waals surface area contributed by atoms with E-state index in [1.54, 1.807) is 6.07 Å². The molecule has 0 fully saturated rings. The van der Waals surface area contributed by atoms with Gasteiger partial charge in [0, 0.05) is 10.5 Å². The molecule has 0 saturated carbocycles. The molecule has 0 bridgehead atoms. The molecule has 1 N–H and O–H groups in total. The van der Waals surface area contributed by atoms with Gasteiger partial charge in [0.2, 0.25) is 0 Å². The van der Waals surface area contributed by atoms with Gasteiger partial charge in [-0.2, -0.15) is 0 Å². The van der Waals surface area contributed by atoms with Gasteiger partial charge in [-0.25, -0.2) is 4.21 Å². The van der Waals surface area contributed by atoms with Crippen molar-refractivity contribution in [1.29, 1.82) is 0 Å².